The van der Waals surface area contributed by atoms with Gasteiger partial charge in [-0.15, -0.1) is 12.4 Å². The third-order valence-corrected chi connectivity index (χ3v) is 4.99. The Hall–Kier alpha value is -2.03. The average Bonchev–Trinajstić information content (AvgIpc) is 2.86. The molecular formula is C19H28ClN3O5. The lowest BCUT2D eigenvalue weighted by Gasteiger charge is -2.25. The number of halogens is 1. The van der Waals surface area contributed by atoms with E-state index in [0.717, 1.165) is 32.4 Å². The molecule has 1 aromatic rings. The first-order valence-electron chi connectivity index (χ1n) is 9.35. The molecule has 1 amide bonds. The van der Waals surface area contributed by atoms with E-state index in [1.165, 1.54) is 0 Å². The van der Waals surface area contributed by atoms with Crippen LogP contribution in [0.5, 0.6) is 11.5 Å². The summed E-state index contributed by atoms with van der Waals surface area (Å²) in [5, 5.41) is 11.9. The second-order valence-electron chi connectivity index (χ2n) is 7.08. The largest absolute Gasteiger partial charge is 0.486 e. The quantitative estimate of drug-likeness (QED) is 0.733. The first-order chi connectivity index (χ1) is 13.0. The number of hydrogen-bond donors (Lipinski definition) is 2. The van der Waals surface area contributed by atoms with Crippen molar-refractivity contribution in [3.8, 4) is 11.5 Å². The van der Waals surface area contributed by atoms with Crippen molar-refractivity contribution < 1.29 is 24.2 Å². The fourth-order valence-corrected chi connectivity index (χ4v) is 3.60. The van der Waals surface area contributed by atoms with Gasteiger partial charge in [0.1, 0.15) is 13.2 Å². The van der Waals surface area contributed by atoms with Crippen LogP contribution in [0.2, 0.25) is 0 Å². The molecule has 1 atom stereocenters. The molecular weight excluding hydrogens is 386 g/mol. The standard InChI is InChI=1S/C19H27N3O5.ClH/c1-21(13-19(24)25)15-3-2-7-22(8-6-15)12-18(23)20-14-4-5-16-17(11-14)27-10-9-26-16;/h4-5,11,15H,2-3,6-10,12-13H2,1H3,(H,20,23)(H,24,25);1H. The van der Waals surface area contributed by atoms with E-state index in [0.29, 0.717) is 36.9 Å². The van der Waals surface area contributed by atoms with Crippen molar-refractivity contribution >= 4 is 30.0 Å². The lowest BCUT2D eigenvalue weighted by Crippen LogP contribution is -2.37. The van der Waals surface area contributed by atoms with Gasteiger partial charge in [0.15, 0.2) is 11.5 Å². The molecule has 2 N–H and O–H groups in total. The molecule has 0 spiro atoms. The third-order valence-electron chi connectivity index (χ3n) is 4.99. The number of ether oxygens (including phenoxy) is 2. The van der Waals surface area contributed by atoms with Crippen LogP contribution in [-0.2, 0) is 9.59 Å². The number of carboxylic acid groups (broad SMARTS) is 1. The fourth-order valence-electron chi connectivity index (χ4n) is 3.60. The molecule has 0 radical (unpaired) electrons. The van der Waals surface area contributed by atoms with Gasteiger partial charge in [-0.3, -0.25) is 19.4 Å². The number of rotatable bonds is 6. The van der Waals surface area contributed by atoms with Crippen LogP contribution >= 0.6 is 12.4 Å². The number of hydrogen-bond acceptors (Lipinski definition) is 6. The summed E-state index contributed by atoms with van der Waals surface area (Å²) in [7, 11) is 1.85. The summed E-state index contributed by atoms with van der Waals surface area (Å²) in [4.78, 5) is 27.3. The van der Waals surface area contributed by atoms with E-state index < -0.39 is 5.97 Å². The highest BCUT2D eigenvalue weighted by Gasteiger charge is 2.23. The van der Waals surface area contributed by atoms with Crippen molar-refractivity contribution in [2.75, 3.05) is 51.8 Å². The minimum absolute atomic E-state index is 0. The smallest absolute Gasteiger partial charge is 0.317 e. The zero-order valence-electron chi connectivity index (χ0n) is 16.1. The van der Waals surface area contributed by atoms with Gasteiger partial charge in [-0.05, 0) is 45.0 Å². The molecule has 1 unspecified atom stereocenters. The normalized spacial score (nSPS) is 19.4. The number of aliphatic carboxylic acids is 1. The first-order valence-corrected chi connectivity index (χ1v) is 9.35. The highest BCUT2D eigenvalue weighted by atomic mass is 35.5. The van der Waals surface area contributed by atoms with E-state index in [1.54, 1.807) is 12.1 Å². The highest BCUT2D eigenvalue weighted by molar-refractivity contribution is 5.92. The van der Waals surface area contributed by atoms with Crippen molar-refractivity contribution in [2.24, 2.45) is 0 Å². The summed E-state index contributed by atoms with van der Waals surface area (Å²) in [5.41, 5.74) is 0.693. The van der Waals surface area contributed by atoms with Gasteiger partial charge in [0.25, 0.3) is 0 Å². The van der Waals surface area contributed by atoms with Crippen LogP contribution < -0.4 is 14.8 Å². The van der Waals surface area contributed by atoms with Gasteiger partial charge in [0, 0.05) is 24.3 Å². The lowest BCUT2D eigenvalue weighted by atomic mass is 10.1. The maximum Gasteiger partial charge on any atom is 0.317 e. The van der Waals surface area contributed by atoms with E-state index in [9.17, 15) is 9.59 Å². The van der Waals surface area contributed by atoms with Crippen LogP contribution in [0.15, 0.2) is 18.2 Å². The van der Waals surface area contributed by atoms with Crippen LogP contribution in [0.1, 0.15) is 19.3 Å². The van der Waals surface area contributed by atoms with Gasteiger partial charge < -0.3 is 19.9 Å². The van der Waals surface area contributed by atoms with E-state index >= 15 is 0 Å². The molecule has 28 heavy (non-hydrogen) atoms. The van der Waals surface area contributed by atoms with Gasteiger partial charge in [-0.1, -0.05) is 0 Å². The number of carbonyl (C=O) groups excluding carboxylic acids is 1. The van der Waals surface area contributed by atoms with E-state index in [1.807, 2.05) is 18.0 Å². The molecule has 2 aliphatic heterocycles. The van der Waals surface area contributed by atoms with Crippen molar-refractivity contribution in [1.29, 1.82) is 0 Å². The molecule has 0 saturated carbocycles. The third kappa shape index (κ3) is 6.25. The fraction of sp³-hybridized carbons (Fsp3) is 0.579. The van der Waals surface area contributed by atoms with Gasteiger partial charge in [-0.25, -0.2) is 0 Å². The van der Waals surface area contributed by atoms with Crippen molar-refractivity contribution in [3.63, 3.8) is 0 Å². The summed E-state index contributed by atoms with van der Waals surface area (Å²) in [6, 6.07) is 5.64. The molecule has 2 aliphatic rings. The van der Waals surface area contributed by atoms with Crippen molar-refractivity contribution in [3.05, 3.63) is 18.2 Å². The van der Waals surface area contributed by atoms with Crippen molar-refractivity contribution in [1.82, 2.24) is 9.80 Å². The minimum Gasteiger partial charge on any atom is -0.486 e. The second-order valence-corrected chi connectivity index (χ2v) is 7.08. The lowest BCUT2D eigenvalue weighted by molar-refractivity contribution is -0.138. The number of carbonyl (C=O) groups is 2. The number of benzene rings is 1. The molecule has 9 heteroatoms. The number of likely N-dealkylation sites (tertiary alicyclic amines) is 1. The summed E-state index contributed by atoms with van der Waals surface area (Å²) >= 11 is 0. The topological polar surface area (TPSA) is 91.3 Å². The Balaban J connectivity index is 0.00000280. The molecule has 0 aromatic heterocycles. The molecule has 156 valence electrons. The number of anilines is 1. The Labute approximate surface area is 171 Å². The van der Waals surface area contributed by atoms with Crippen LogP contribution in [0.4, 0.5) is 5.69 Å². The van der Waals surface area contributed by atoms with E-state index in [4.69, 9.17) is 14.6 Å². The molecule has 8 nitrogen and oxygen atoms in total. The first kappa shape index (κ1) is 22.3. The van der Waals surface area contributed by atoms with E-state index in [2.05, 4.69) is 10.2 Å². The maximum absolute atomic E-state index is 12.4. The van der Waals surface area contributed by atoms with Crippen LogP contribution in [0.3, 0.4) is 0 Å². The number of fused-ring (bicyclic) bond motifs is 1. The van der Waals surface area contributed by atoms with Gasteiger partial charge >= 0.3 is 5.97 Å². The predicted molar refractivity (Wildman–Crippen MR) is 108 cm³/mol. The number of amides is 1. The second kappa shape index (κ2) is 10.5. The summed E-state index contributed by atoms with van der Waals surface area (Å²) < 4.78 is 11.0. The number of likely N-dealkylation sites (N-methyl/N-ethyl adjacent to an activating group) is 1. The van der Waals surface area contributed by atoms with E-state index in [-0.39, 0.29) is 30.9 Å². The Morgan fingerprint density at radius 3 is 2.71 bits per heavy atom. The zero-order valence-corrected chi connectivity index (χ0v) is 16.9. The summed E-state index contributed by atoms with van der Waals surface area (Å²) in [5.74, 6) is 0.475. The van der Waals surface area contributed by atoms with Gasteiger partial charge in [0.05, 0.1) is 13.1 Å². The van der Waals surface area contributed by atoms with Crippen molar-refractivity contribution in [2.45, 2.75) is 25.3 Å². The Kier molecular flexibility index (Phi) is 8.35. The molecule has 2 heterocycles. The molecule has 1 saturated heterocycles. The SMILES string of the molecule is CN(CC(=O)O)C1CCCN(CC(=O)Nc2ccc3c(c2)OCCO3)CC1.Cl. The molecule has 0 aliphatic carbocycles. The zero-order chi connectivity index (χ0) is 19.2. The minimum atomic E-state index is -0.808. The van der Waals surface area contributed by atoms with Crippen LogP contribution in [0.25, 0.3) is 0 Å². The number of nitrogens with zero attached hydrogens (tertiary/aromatic N) is 2. The predicted octanol–water partition coefficient (Wildman–Crippen LogP) is 1.69. The Morgan fingerprint density at radius 2 is 1.96 bits per heavy atom. The molecule has 1 aromatic carbocycles. The average molecular weight is 414 g/mol. The van der Waals surface area contributed by atoms with Crippen LogP contribution in [-0.4, -0.2) is 79.3 Å². The number of carboxylic acids is 1. The highest BCUT2D eigenvalue weighted by Crippen LogP contribution is 2.32. The van der Waals surface area contributed by atoms with Gasteiger partial charge in [-0.2, -0.15) is 0 Å². The van der Waals surface area contributed by atoms with Gasteiger partial charge in [0.2, 0.25) is 5.91 Å². The molecule has 3 rings (SSSR count). The molecule has 1 fully saturated rings. The maximum atomic E-state index is 12.4. The summed E-state index contributed by atoms with van der Waals surface area (Å²) in [6.07, 6.45) is 2.76. The summed E-state index contributed by atoms with van der Waals surface area (Å²) in [6.45, 7) is 3.04. The Morgan fingerprint density at radius 1 is 1.21 bits per heavy atom. The monoisotopic (exact) mass is 413 g/mol. The van der Waals surface area contributed by atoms with Crippen LogP contribution in [0, 0.1) is 0 Å². The number of nitrogens with one attached hydrogen (secondary N) is 1. The molecule has 0 bridgehead atoms. The Bertz CT molecular complexity index is 688.